The molecule has 0 bridgehead atoms. The van der Waals surface area contributed by atoms with Gasteiger partial charge in [0, 0.05) is 5.69 Å². The molecule has 2 rings (SSSR count). The molecular weight excluding hydrogens is 284 g/mol. The van der Waals surface area contributed by atoms with E-state index in [2.05, 4.69) is 4.72 Å². The molecule has 0 radical (unpaired) electrons. The van der Waals surface area contributed by atoms with Crippen molar-refractivity contribution in [2.45, 2.75) is 32.1 Å². The highest BCUT2D eigenvalue weighted by atomic mass is 32.2. The maximum Gasteiger partial charge on any atom is 0.264 e. The van der Waals surface area contributed by atoms with E-state index in [1.165, 1.54) is 0 Å². The quantitative estimate of drug-likeness (QED) is 0.852. The largest absolute Gasteiger partial charge is 0.398 e. The summed E-state index contributed by atoms with van der Waals surface area (Å²) >= 11 is 0. The maximum absolute atomic E-state index is 12.6. The zero-order valence-corrected chi connectivity index (χ0v) is 13.3. The van der Waals surface area contributed by atoms with Crippen LogP contribution < -0.4 is 10.5 Å². The topological polar surface area (TPSA) is 72.2 Å². The smallest absolute Gasteiger partial charge is 0.264 e. The minimum absolute atomic E-state index is 0.157. The van der Waals surface area contributed by atoms with Crippen molar-refractivity contribution in [3.8, 4) is 0 Å². The molecule has 2 aromatic carbocycles. The van der Waals surface area contributed by atoms with Crippen molar-refractivity contribution in [2.24, 2.45) is 0 Å². The second-order valence-electron chi connectivity index (χ2n) is 5.09. The molecule has 0 aromatic heterocycles. The van der Waals surface area contributed by atoms with Crippen LogP contribution in [-0.2, 0) is 16.4 Å². The first-order valence-corrected chi connectivity index (χ1v) is 8.31. The van der Waals surface area contributed by atoms with E-state index < -0.39 is 10.0 Å². The van der Waals surface area contributed by atoms with E-state index in [1.807, 2.05) is 38.1 Å². The van der Waals surface area contributed by atoms with Crippen molar-refractivity contribution in [1.82, 2.24) is 0 Å². The third kappa shape index (κ3) is 3.19. The number of nitrogen functional groups attached to an aromatic ring is 1. The van der Waals surface area contributed by atoms with Gasteiger partial charge < -0.3 is 5.73 Å². The van der Waals surface area contributed by atoms with Crippen LogP contribution in [0.25, 0.3) is 0 Å². The first kappa shape index (κ1) is 15.4. The highest BCUT2D eigenvalue weighted by molar-refractivity contribution is 7.93. The number of benzene rings is 2. The molecule has 0 atom stereocenters. The van der Waals surface area contributed by atoms with E-state index in [-0.39, 0.29) is 10.6 Å². The molecular formula is C16H20N2O2S. The predicted molar refractivity (Wildman–Crippen MR) is 87.0 cm³/mol. The lowest BCUT2D eigenvalue weighted by Crippen LogP contribution is -2.16. The lowest BCUT2D eigenvalue weighted by Gasteiger charge is -2.14. The van der Waals surface area contributed by atoms with Crippen LogP contribution in [0, 0.1) is 13.8 Å². The molecule has 0 amide bonds. The normalized spacial score (nSPS) is 11.4. The van der Waals surface area contributed by atoms with Crippen LogP contribution in [0.5, 0.6) is 0 Å². The Morgan fingerprint density at radius 2 is 1.86 bits per heavy atom. The fourth-order valence-electron chi connectivity index (χ4n) is 2.23. The second-order valence-corrected chi connectivity index (χ2v) is 6.70. The molecule has 0 fully saturated rings. The highest BCUT2D eigenvalue weighted by Gasteiger charge is 2.21. The number of sulfonamides is 1. The van der Waals surface area contributed by atoms with E-state index >= 15 is 0 Å². The van der Waals surface area contributed by atoms with Gasteiger partial charge in [-0.1, -0.05) is 25.1 Å². The van der Waals surface area contributed by atoms with Gasteiger partial charge in [-0.15, -0.1) is 0 Å². The van der Waals surface area contributed by atoms with Gasteiger partial charge >= 0.3 is 0 Å². The monoisotopic (exact) mass is 304 g/mol. The number of rotatable bonds is 4. The van der Waals surface area contributed by atoms with Crippen molar-refractivity contribution in [3.05, 3.63) is 53.1 Å². The Bertz CT molecular complexity index is 768. The molecule has 0 spiro atoms. The Kier molecular flexibility index (Phi) is 4.23. The van der Waals surface area contributed by atoms with Gasteiger partial charge in [-0.05, 0) is 55.2 Å². The molecule has 0 heterocycles. The molecule has 0 unspecified atom stereocenters. The van der Waals surface area contributed by atoms with Gasteiger partial charge in [0.2, 0.25) is 0 Å². The molecule has 4 nitrogen and oxygen atoms in total. The van der Waals surface area contributed by atoms with Gasteiger partial charge in [-0.2, -0.15) is 0 Å². The fourth-order valence-corrected chi connectivity index (χ4v) is 3.71. The molecule has 3 N–H and O–H groups in total. The van der Waals surface area contributed by atoms with Crippen LogP contribution in [-0.4, -0.2) is 8.42 Å². The van der Waals surface area contributed by atoms with Crippen molar-refractivity contribution in [2.75, 3.05) is 10.5 Å². The summed E-state index contributed by atoms with van der Waals surface area (Å²) < 4.78 is 27.8. The molecule has 0 aliphatic rings. The van der Waals surface area contributed by atoms with Gasteiger partial charge in [0.05, 0.1) is 5.69 Å². The van der Waals surface area contributed by atoms with E-state index in [1.54, 1.807) is 19.1 Å². The maximum atomic E-state index is 12.6. The summed E-state index contributed by atoms with van der Waals surface area (Å²) in [7, 11) is -3.70. The number of anilines is 2. The molecule has 0 aliphatic heterocycles. The molecule has 0 aliphatic carbocycles. The van der Waals surface area contributed by atoms with E-state index in [0.29, 0.717) is 11.3 Å². The van der Waals surface area contributed by atoms with Gasteiger partial charge in [0.25, 0.3) is 10.0 Å². The van der Waals surface area contributed by atoms with E-state index in [0.717, 1.165) is 17.5 Å². The van der Waals surface area contributed by atoms with Crippen molar-refractivity contribution in [3.63, 3.8) is 0 Å². The van der Waals surface area contributed by atoms with Gasteiger partial charge in [0.15, 0.2) is 0 Å². The minimum Gasteiger partial charge on any atom is -0.398 e. The Labute approximate surface area is 126 Å². The van der Waals surface area contributed by atoms with Crippen molar-refractivity contribution < 1.29 is 8.42 Å². The number of hydrogen-bond donors (Lipinski definition) is 2. The number of nitrogens with two attached hydrogens (primary N) is 1. The average Bonchev–Trinajstić information content (AvgIpc) is 2.42. The molecule has 21 heavy (non-hydrogen) atoms. The Balaban J connectivity index is 2.46. The molecule has 5 heteroatoms. The van der Waals surface area contributed by atoms with Crippen LogP contribution >= 0.6 is 0 Å². The van der Waals surface area contributed by atoms with E-state index in [4.69, 9.17) is 5.73 Å². The highest BCUT2D eigenvalue weighted by Crippen LogP contribution is 2.27. The van der Waals surface area contributed by atoms with Gasteiger partial charge in [-0.3, -0.25) is 4.72 Å². The first-order chi connectivity index (χ1) is 9.85. The third-order valence-corrected chi connectivity index (χ3v) is 5.15. The second kappa shape index (κ2) is 5.77. The number of nitrogens with one attached hydrogen (secondary N) is 1. The molecule has 112 valence electrons. The minimum atomic E-state index is -3.70. The lowest BCUT2D eigenvalue weighted by molar-refractivity contribution is 0.601. The van der Waals surface area contributed by atoms with Crippen molar-refractivity contribution in [1.29, 1.82) is 0 Å². The SMILES string of the molecule is CCc1cccc(NS(=O)(=O)c2c(N)ccc(C)c2C)c1. The Hall–Kier alpha value is -2.01. The molecule has 2 aromatic rings. The standard InChI is InChI=1S/C16H20N2O2S/c1-4-13-6-5-7-14(10-13)18-21(19,20)16-12(3)11(2)8-9-15(16)17/h5-10,18H,4,17H2,1-3H3. The summed E-state index contributed by atoms with van der Waals surface area (Å²) in [4.78, 5) is 0.157. The summed E-state index contributed by atoms with van der Waals surface area (Å²) in [5.74, 6) is 0. The lowest BCUT2D eigenvalue weighted by atomic mass is 10.1. The summed E-state index contributed by atoms with van der Waals surface area (Å²) in [5.41, 5.74) is 9.32. The Morgan fingerprint density at radius 1 is 1.14 bits per heavy atom. The molecule has 0 saturated heterocycles. The Morgan fingerprint density at radius 3 is 2.52 bits per heavy atom. The zero-order valence-electron chi connectivity index (χ0n) is 12.5. The number of aryl methyl sites for hydroxylation is 2. The van der Waals surface area contributed by atoms with Crippen LogP contribution in [0.4, 0.5) is 11.4 Å². The zero-order chi connectivity index (χ0) is 15.6. The van der Waals surface area contributed by atoms with E-state index in [9.17, 15) is 8.42 Å². The molecule has 0 saturated carbocycles. The van der Waals surface area contributed by atoms with Gasteiger partial charge in [-0.25, -0.2) is 8.42 Å². The predicted octanol–water partition coefficient (Wildman–Crippen LogP) is 3.25. The summed E-state index contributed by atoms with van der Waals surface area (Å²) in [5, 5.41) is 0. The van der Waals surface area contributed by atoms with Crippen LogP contribution in [0.3, 0.4) is 0 Å². The van der Waals surface area contributed by atoms with Crippen LogP contribution in [0.1, 0.15) is 23.6 Å². The fraction of sp³-hybridized carbons (Fsp3) is 0.250. The number of hydrogen-bond acceptors (Lipinski definition) is 3. The van der Waals surface area contributed by atoms with Crippen molar-refractivity contribution >= 4 is 21.4 Å². The summed E-state index contributed by atoms with van der Waals surface area (Å²) in [6.45, 7) is 5.66. The van der Waals surface area contributed by atoms with Gasteiger partial charge in [0.1, 0.15) is 4.90 Å². The summed E-state index contributed by atoms with van der Waals surface area (Å²) in [6.07, 6.45) is 0.848. The third-order valence-electron chi connectivity index (χ3n) is 3.56. The summed E-state index contributed by atoms with van der Waals surface area (Å²) in [6, 6.07) is 10.8. The first-order valence-electron chi connectivity index (χ1n) is 6.82. The van der Waals surface area contributed by atoms with Crippen LogP contribution in [0.15, 0.2) is 41.3 Å². The van der Waals surface area contributed by atoms with Crippen LogP contribution in [0.2, 0.25) is 0 Å². The average molecular weight is 304 g/mol.